The zero-order chi connectivity index (χ0) is 11.6. The van der Waals surface area contributed by atoms with Gasteiger partial charge in [-0.2, -0.15) is 0 Å². The number of ketones is 1. The van der Waals surface area contributed by atoms with E-state index in [9.17, 15) is 18.4 Å². The number of Topliss-reactive ketones (excluding diaryl/α,β-unsaturated/α-hetero) is 1. The molecule has 0 spiro atoms. The summed E-state index contributed by atoms with van der Waals surface area (Å²) in [7, 11) is 0. The van der Waals surface area contributed by atoms with Crippen molar-refractivity contribution >= 4 is 28.0 Å². The van der Waals surface area contributed by atoms with E-state index in [1.165, 1.54) is 12.1 Å². The Kier molecular flexibility index (Phi) is 3.68. The van der Waals surface area contributed by atoms with Crippen LogP contribution in [0.2, 0.25) is 0 Å². The molecule has 1 rings (SSSR count). The lowest BCUT2D eigenvalue weighted by Gasteiger charge is -2.10. The van der Waals surface area contributed by atoms with Crippen molar-refractivity contribution in [3.8, 4) is 0 Å². The molecule has 5 heteroatoms. The van der Waals surface area contributed by atoms with Crippen LogP contribution >= 0.6 is 15.9 Å². The van der Waals surface area contributed by atoms with Crippen LogP contribution in [0, 0.1) is 0 Å². The Hall–Kier alpha value is -1.10. The highest BCUT2D eigenvalue weighted by Gasteiger charge is 2.22. The lowest BCUT2D eigenvalue weighted by atomic mass is 9.99. The summed E-state index contributed by atoms with van der Waals surface area (Å²) in [5.41, 5.74) is -0.650. The zero-order valence-corrected chi connectivity index (χ0v) is 9.35. The maximum absolute atomic E-state index is 12.7. The van der Waals surface area contributed by atoms with Crippen molar-refractivity contribution in [2.45, 2.75) is 13.3 Å². The summed E-state index contributed by atoms with van der Waals surface area (Å²) in [6.07, 6.45) is -2.40. The van der Waals surface area contributed by atoms with Gasteiger partial charge in [0.05, 0.1) is 0 Å². The quantitative estimate of drug-likeness (QED) is 0.626. The molecular weight excluding hydrogens is 270 g/mol. The SMILES string of the molecule is CC(=O)c1c(C=O)ccc(Br)c1C(F)F. The fourth-order valence-corrected chi connectivity index (χ4v) is 1.82. The number of hydrogen-bond donors (Lipinski definition) is 0. The zero-order valence-electron chi connectivity index (χ0n) is 7.76. The van der Waals surface area contributed by atoms with E-state index in [0.29, 0.717) is 6.29 Å². The number of carbonyl (C=O) groups is 2. The number of aldehydes is 1. The summed E-state index contributed by atoms with van der Waals surface area (Å²) in [5.74, 6) is -0.547. The van der Waals surface area contributed by atoms with Gasteiger partial charge in [0.15, 0.2) is 12.1 Å². The maximum atomic E-state index is 12.7. The fraction of sp³-hybridized carbons (Fsp3) is 0.200. The second kappa shape index (κ2) is 4.61. The molecule has 0 unspecified atom stereocenters. The van der Waals surface area contributed by atoms with Crippen molar-refractivity contribution in [2.24, 2.45) is 0 Å². The Balaban J connectivity index is 3.58. The molecule has 0 N–H and O–H groups in total. The first-order valence-electron chi connectivity index (χ1n) is 4.05. The predicted octanol–water partition coefficient (Wildman–Crippen LogP) is 3.40. The molecule has 80 valence electrons. The van der Waals surface area contributed by atoms with E-state index in [2.05, 4.69) is 15.9 Å². The number of carbonyl (C=O) groups excluding carboxylic acids is 2. The highest BCUT2D eigenvalue weighted by molar-refractivity contribution is 9.10. The minimum Gasteiger partial charge on any atom is -0.298 e. The topological polar surface area (TPSA) is 34.1 Å². The lowest BCUT2D eigenvalue weighted by molar-refractivity contribution is 0.0990. The van der Waals surface area contributed by atoms with Crippen molar-refractivity contribution in [1.82, 2.24) is 0 Å². The molecule has 0 aliphatic rings. The molecule has 0 aliphatic carbocycles. The van der Waals surface area contributed by atoms with Crippen LogP contribution in [0.15, 0.2) is 16.6 Å². The van der Waals surface area contributed by atoms with Crippen LogP contribution in [0.25, 0.3) is 0 Å². The summed E-state index contributed by atoms with van der Waals surface area (Å²) in [6.45, 7) is 1.15. The molecule has 1 aromatic rings. The monoisotopic (exact) mass is 276 g/mol. The third-order valence-electron chi connectivity index (χ3n) is 1.92. The maximum Gasteiger partial charge on any atom is 0.265 e. The third kappa shape index (κ3) is 2.28. The number of alkyl halides is 2. The van der Waals surface area contributed by atoms with Gasteiger partial charge in [-0.1, -0.05) is 15.9 Å². The number of rotatable bonds is 3. The largest absolute Gasteiger partial charge is 0.298 e. The number of benzene rings is 1. The van der Waals surface area contributed by atoms with Gasteiger partial charge in [-0.3, -0.25) is 9.59 Å². The van der Waals surface area contributed by atoms with E-state index in [1.54, 1.807) is 0 Å². The molecule has 0 radical (unpaired) electrons. The molecule has 0 aliphatic heterocycles. The Morgan fingerprint density at radius 3 is 2.47 bits per heavy atom. The Bertz CT molecular complexity index is 416. The average molecular weight is 277 g/mol. The van der Waals surface area contributed by atoms with Crippen molar-refractivity contribution in [3.63, 3.8) is 0 Å². The minimum atomic E-state index is -2.79. The first-order valence-corrected chi connectivity index (χ1v) is 4.85. The molecule has 0 bridgehead atoms. The van der Waals surface area contributed by atoms with Crippen molar-refractivity contribution in [1.29, 1.82) is 0 Å². The van der Waals surface area contributed by atoms with Crippen molar-refractivity contribution < 1.29 is 18.4 Å². The molecular formula is C10H7BrF2O2. The van der Waals surface area contributed by atoms with Crippen LogP contribution in [0.1, 0.15) is 39.6 Å². The van der Waals surface area contributed by atoms with E-state index >= 15 is 0 Å². The molecule has 0 atom stereocenters. The first-order chi connectivity index (χ1) is 6.99. The van der Waals surface area contributed by atoms with Gasteiger partial charge in [0, 0.05) is 21.2 Å². The van der Waals surface area contributed by atoms with E-state index in [0.717, 1.165) is 6.92 Å². The van der Waals surface area contributed by atoms with Crippen LogP contribution in [0.5, 0.6) is 0 Å². The summed E-state index contributed by atoms with van der Waals surface area (Å²) in [6, 6.07) is 2.66. The molecule has 0 saturated heterocycles. The van der Waals surface area contributed by atoms with E-state index in [1.807, 2.05) is 0 Å². The third-order valence-corrected chi connectivity index (χ3v) is 2.61. The van der Waals surface area contributed by atoms with Gasteiger partial charge in [-0.15, -0.1) is 0 Å². The molecule has 0 amide bonds. The molecule has 15 heavy (non-hydrogen) atoms. The van der Waals surface area contributed by atoms with E-state index in [4.69, 9.17) is 0 Å². The number of halogens is 3. The van der Waals surface area contributed by atoms with E-state index < -0.39 is 17.8 Å². The van der Waals surface area contributed by atoms with Gasteiger partial charge in [0.2, 0.25) is 0 Å². The van der Waals surface area contributed by atoms with Crippen LogP contribution < -0.4 is 0 Å². The Labute approximate surface area is 93.4 Å². The molecule has 0 heterocycles. The smallest absolute Gasteiger partial charge is 0.265 e. The minimum absolute atomic E-state index is 0.0130. The second-order valence-electron chi connectivity index (χ2n) is 2.90. The Morgan fingerprint density at radius 2 is 2.07 bits per heavy atom. The van der Waals surface area contributed by atoms with Crippen molar-refractivity contribution in [2.75, 3.05) is 0 Å². The highest BCUT2D eigenvalue weighted by Crippen LogP contribution is 2.32. The predicted molar refractivity (Wildman–Crippen MR) is 54.5 cm³/mol. The van der Waals surface area contributed by atoms with Gasteiger partial charge in [-0.05, 0) is 19.1 Å². The molecule has 0 saturated carbocycles. The van der Waals surface area contributed by atoms with Crippen LogP contribution in [-0.4, -0.2) is 12.1 Å². The molecule has 2 nitrogen and oxygen atoms in total. The first kappa shape index (κ1) is 12.0. The van der Waals surface area contributed by atoms with Gasteiger partial charge in [-0.25, -0.2) is 8.78 Å². The standard InChI is InChI=1S/C10H7BrF2O2/c1-5(15)8-6(4-14)2-3-7(11)9(8)10(12)13/h2-4,10H,1H3. The fourth-order valence-electron chi connectivity index (χ4n) is 1.32. The summed E-state index contributed by atoms with van der Waals surface area (Å²) in [5, 5.41) is 0. The summed E-state index contributed by atoms with van der Waals surface area (Å²) in [4.78, 5) is 21.8. The summed E-state index contributed by atoms with van der Waals surface area (Å²) < 4.78 is 25.5. The molecule has 0 fully saturated rings. The van der Waals surface area contributed by atoms with Crippen LogP contribution in [0.3, 0.4) is 0 Å². The number of hydrogen-bond acceptors (Lipinski definition) is 2. The van der Waals surface area contributed by atoms with Gasteiger partial charge in [0.1, 0.15) is 0 Å². The lowest BCUT2D eigenvalue weighted by Crippen LogP contribution is -2.06. The molecule has 0 aromatic heterocycles. The van der Waals surface area contributed by atoms with Gasteiger partial charge in [0.25, 0.3) is 6.43 Å². The Morgan fingerprint density at radius 1 is 1.47 bits per heavy atom. The second-order valence-corrected chi connectivity index (χ2v) is 3.75. The highest BCUT2D eigenvalue weighted by atomic mass is 79.9. The average Bonchev–Trinajstić information content (AvgIpc) is 2.16. The van der Waals surface area contributed by atoms with Crippen LogP contribution in [0.4, 0.5) is 8.78 Å². The van der Waals surface area contributed by atoms with E-state index in [-0.39, 0.29) is 15.6 Å². The van der Waals surface area contributed by atoms with Gasteiger partial charge >= 0.3 is 0 Å². The summed E-state index contributed by atoms with van der Waals surface area (Å²) >= 11 is 2.93. The van der Waals surface area contributed by atoms with Gasteiger partial charge < -0.3 is 0 Å². The molecule has 1 aromatic carbocycles. The van der Waals surface area contributed by atoms with Crippen LogP contribution in [-0.2, 0) is 0 Å². The van der Waals surface area contributed by atoms with Crippen molar-refractivity contribution in [3.05, 3.63) is 33.3 Å². The normalized spacial score (nSPS) is 10.5.